The number of benzene rings is 1. The van der Waals surface area contributed by atoms with Gasteiger partial charge in [0.1, 0.15) is 5.75 Å². The third kappa shape index (κ3) is 5.32. The molecule has 0 radical (unpaired) electrons. The third-order valence-electron chi connectivity index (χ3n) is 3.87. The Morgan fingerprint density at radius 3 is 2.84 bits per heavy atom. The van der Waals surface area contributed by atoms with Crippen LogP contribution in [0.3, 0.4) is 0 Å². The number of morpholine rings is 1. The number of alkyl halides is 3. The molecule has 1 aromatic rings. The Kier molecular flexibility index (Phi) is 6.26. The van der Waals surface area contributed by atoms with Crippen LogP contribution in [0.25, 0.3) is 0 Å². The molecular formula is C16H21F3N2O4. The summed E-state index contributed by atoms with van der Waals surface area (Å²) in [5, 5.41) is 21.9. The van der Waals surface area contributed by atoms with Gasteiger partial charge in [-0.2, -0.15) is 13.2 Å². The summed E-state index contributed by atoms with van der Waals surface area (Å²) < 4.78 is 44.3. The average Bonchev–Trinajstić information content (AvgIpc) is 2.51. The van der Waals surface area contributed by atoms with Gasteiger partial charge < -0.3 is 20.3 Å². The van der Waals surface area contributed by atoms with Crippen LogP contribution < -0.4 is 5.32 Å². The fourth-order valence-corrected chi connectivity index (χ4v) is 2.73. The predicted octanol–water partition coefficient (Wildman–Crippen LogP) is 1.22. The SMILES string of the molecule is CC1CN(CC(O)CNC(=O)c2c(O)cccc2C(F)(F)F)CCO1. The molecule has 1 saturated heterocycles. The molecule has 25 heavy (non-hydrogen) atoms. The highest BCUT2D eigenvalue weighted by Gasteiger charge is 2.36. The van der Waals surface area contributed by atoms with Gasteiger partial charge in [-0.15, -0.1) is 0 Å². The van der Waals surface area contributed by atoms with Crippen molar-refractivity contribution >= 4 is 5.91 Å². The number of phenolic OH excluding ortho intramolecular Hbond substituents is 1. The second-order valence-corrected chi connectivity index (χ2v) is 6.00. The van der Waals surface area contributed by atoms with Gasteiger partial charge in [0, 0.05) is 26.2 Å². The van der Waals surface area contributed by atoms with Crippen molar-refractivity contribution < 1.29 is 32.9 Å². The molecule has 3 N–H and O–H groups in total. The first-order valence-electron chi connectivity index (χ1n) is 7.88. The highest BCUT2D eigenvalue weighted by molar-refractivity contribution is 5.98. The lowest BCUT2D eigenvalue weighted by Gasteiger charge is -2.32. The molecule has 0 saturated carbocycles. The van der Waals surface area contributed by atoms with Crippen molar-refractivity contribution in [1.82, 2.24) is 10.2 Å². The van der Waals surface area contributed by atoms with E-state index in [9.17, 15) is 28.2 Å². The smallest absolute Gasteiger partial charge is 0.417 e. The first kappa shape index (κ1) is 19.5. The average molecular weight is 362 g/mol. The summed E-state index contributed by atoms with van der Waals surface area (Å²) in [5.74, 6) is -1.84. The predicted molar refractivity (Wildman–Crippen MR) is 83.3 cm³/mol. The summed E-state index contributed by atoms with van der Waals surface area (Å²) in [6.45, 7) is 3.73. The minimum absolute atomic E-state index is 0.0335. The molecule has 0 bridgehead atoms. The first-order chi connectivity index (χ1) is 11.7. The normalized spacial score (nSPS) is 20.3. The molecule has 9 heteroatoms. The van der Waals surface area contributed by atoms with Crippen molar-refractivity contribution in [3.05, 3.63) is 29.3 Å². The molecule has 1 aliphatic rings. The van der Waals surface area contributed by atoms with E-state index in [1.54, 1.807) is 0 Å². The van der Waals surface area contributed by atoms with Crippen molar-refractivity contribution in [1.29, 1.82) is 0 Å². The number of carbonyl (C=O) groups is 1. The molecule has 0 spiro atoms. The number of rotatable bonds is 5. The standard InChI is InChI=1S/C16H21F3N2O4/c1-10-8-21(5-6-25-10)9-11(22)7-20-15(24)14-12(16(17,18)19)3-2-4-13(14)23/h2-4,10-11,22-23H,5-9H2,1H3,(H,20,24). The number of nitrogens with zero attached hydrogens (tertiary/aromatic N) is 1. The topological polar surface area (TPSA) is 82.0 Å². The van der Waals surface area contributed by atoms with Gasteiger partial charge in [0.25, 0.3) is 5.91 Å². The number of aliphatic hydroxyl groups excluding tert-OH is 1. The second-order valence-electron chi connectivity index (χ2n) is 6.00. The molecular weight excluding hydrogens is 341 g/mol. The maximum absolute atomic E-state index is 13.0. The van der Waals surface area contributed by atoms with Gasteiger partial charge in [-0.25, -0.2) is 0 Å². The molecule has 0 aliphatic carbocycles. The molecule has 1 amide bonds. The summed E-state index contributed by atoms with van der Waals surface area (Å²) in [7, 11) is 0. The van der Waals surface area contributed by atoms with Crippen molar-refractivity contribution in [3.63, 3.8) is 0 Å². The van der Waals surface area contributed by atoms with Crippen LogP contribution in [0.5, 0.6) is 5.75 Å². The molecule has 2 atom stereocenters. The maximum Gasteiger partial charge on any atom is 0.417 e. The van der Waals surface area contributed by atoms with Crippen LogP contribution in [0.1, 0.15) is 22.8 Å². The van der Waals surface area contributed by atoms with Crippen molar-refractivity contribution in [2.45, 2.75) is 25.3 Å². The number of aliphatic hydroxyl groups is 1. The Bertz CT molecular complexity index is 610. The Balaban J connectivity index is 1.96. The lowest BCUT2D eigenvalue weighted by molar-refractivity contribution is -0.138. The number of phenols is 1. The zero-order valence-electron chi connectivity index (χ0n) is 13.7. The van der Waals surface area contributed by atoms with Gasteiger partial charge in [0.2, 0.25) is 0 Å². The van der Waals surface area contributed by atoms with E-state index in [2.05, 4.69) is 5.32 Å². The number of hydrogen-bond donors (Lipinski definition) is 3. The van der Waals surface area contributed by atoms with Crippen LogP contribution in [0.15, 0.2) is 18.2 Å². The fourth-order valence-electron chi connectivity index (χ4n) is 2.73. The Morgan fingerprint density at radius 1 is 1.48 bits per heavy atom. The lowest BCUT2D eigenvalue weighted by Crippen LogP contribution is -2.47. The van der Waals surface area contributed by atoms with E-state index in [1.165, 1.54) is 0 Å². The van der Waals surface area contributed by atoms with Crippen molar-refractivity contribution in [2.24, 2.45) is 0 Å². The van der Waals surface area contributed by atoms with E-state index < -0.39 is 35.1 Å². The number of aromatic hydroxyl groups is 1. The Labute approximate surface area is 143 Å². The van der Waals surface area contributed by atoms with Crippen LogP contribution in [-0.4, -0.2) is 66.0 Å². The fraction of sp³-hybridized carbons (Fsp3) is 0.562. The van der Waals surface area contributed by atoms with Crippen molar-refractivity contribution in [3.8, 4) is 5.75 Å². The number of amides is 1. The molecule has 1 fully saturated rings. The van der Waals surface area contributed by atoms with E-state index in [-0.39, 0.29) is 19.2 Å². The highest BCUT2D eigenvalue weighted by Crippen LogP contribution is 2.35. The third-order valence-corrected chi connectivity index (χ3v) is 3.87. The lowest BCUT2D eigenvalue weighted by atomic mass is 10.0. The van der Waals surface area contributed by atoms with Gasteiger partial charge in [-0.05, 0) is 19.1 Å². The molecule has 6 nitrogen and oxygen atoms in total. The number of nitrogens with one attached hydrogen (secondary N) is 1. The Hall–Kier alpha value is -1.84. The van der Waals surface area contributed by atoms with Crippen molar-refractivity contribution in [2.75, 3.05) is 32.8 Å². The largest absolute Gasteiger partial charge is 0.507 e. The van der Waals surface area contributed by atoms with E-state index in [0.29, 0.717) is 19.7 Å². The van der Waals surface area contributed by atoms with Crippen LogP contribution >= 0.6 is 0 Å². The maximum atomic E-state index is 13.0. The molecule has 2 rings (SSSR count). The minimum atomic E-state index is -4.77. The Morgan fingerprint density at radius 2 is 2.20 bits per heavy atom. The molecule has 1 aromatic carbocycles. The summed E-state index contributed by atoms with van der Waals surface area (Å²) in [6.07, 6.45) is -5.69. The molecule has 140 valence electrons. The van der Waals surface area contributed by atoms with E-state index in [4.69, 9.17) is 4.74 Å². The second kappa shape index (κ2) is 8.03. The van der Waals surface area contributed by atoms with Crippen LogP contribution in [0.2, 0.25) is 0 Å². The monoisotopic (exact) mass is 362 g/mol. The quantitative estimate of drug-likeness (QED) is 0.734. The molecule has 2 unspecified atom stereocenters. The molecule has 1 heterocycles. The van der Waals surface area contributed by atoms with Crippen LogP contribution in [-0.2, 0) is 10.9 Å². The summed E-state index contributed by atoms with van der Waals surface area (Å²) in [5.41, 5.74) is -2.07. The highest BCUT2D eigenvalue weighted by atomic mass is 19.4. The molecule has 1 aliphatic heterocycles. The van der Waals surface area contributed by atoms with Gasteiger partial charge in [-0.3, -0.25) is 9.69 Å². The summed E-state index contributed by atoms with van der Waals surface area (Å²) >= 11 is 0. The van der Waals surface area contributed by atoms with Gasteiger partial charge in [0.15, 0.2) is 0 Å². The van der Waals surface area contributed by atoms with E-state index >= 15 is 0 Å². The van der Waals surface area contributed by atoms with Gasteiger partial charge in [-0.1, -0.05) is 6.07 Å². The summed E-state index contributed by atoms with van der Waals surface area (Å²) in [6, 6.07) is 2.75. The number of β-amino-alcohol motifs (C(OH)–C–C–N with tert-alkyl or cyclic N) is 1. The van der Waals surface area contributed by atoms with Crippen LogP contribution in [0.4, 0.5) is 13.2 Å². The number of ether oxygens (including phenoxy) is 1. The molecule has 0 aromatic heterocycles. The number of hydrogen-bond acceptors (Lipinski definition) is 5. The first-order valence-corrected chi connectivity index (χ1v) is 7.88. The van der Waals surface area contributed by atoms with Crippen LogP contribution in [0, 0.1) is 0 Å². The van der Waals surface area contributed by atoms with Gasteiger partial charge in [0.05, 0.1) is 29.9 Å². The minimum Gasteiger partial charge on any atom is -0.507 e. The number of halogens is 3. The van der Waals surface area contributed by atoms with E-state index in [1.807, 2.05) is 11.8 Å². The summed E-state index contributed by atoms with van der Waals surface area (Å²) in [4.78, 5) is 14.0. The number of carbonyl (C=O) groups excluding carboxylic acids is 1. The van der Waals surface area contributed by atoms with E-state index in [0.717, 1.165) is 18.2 Å². The zero-order valence-corrected chi connectivity index (χ0v) is 13.7. The zero-order chi connectivity index (χ0) is 18.6. The van der Waals surface area contributed by atoms with Gasteiger partial charge >= 0.3 is 6.18 Å².